The molecule has 2 nitrogen and oxygen atoms in total. The van der Waals surface area contributed by atoms with Crippen LogP contribution in [-0.4, -0.2) is 5.84 Å². The Kier molecular flexibility index (Phi) is 4.10. The largest absolute Gasteiger partial charge is 0.387 e. The Balaban J connectivity index is 3.27. The van der Waals surface area contributed by atoms with Gasteiger partial charge in [-0.1, -0.05) is 26.7 Å². The molecule has 0 bridgehead atoms. The van der Waals surface area contributed by atoms with Crippen molar-refractivity contribution in [1.82, 2.24) is 0 Å². The molecular formula is C7H16N2. The molecular weight excluding hydrogens is 112 g/mol. The average Bonchev–Trinajstić information content (AvgIpc) is 1.82. The smallest absolute Gasteiger partial charge is 0.0934 e. The van der Waals surface area contributed by atoms with Crippen molar-refractivity contribution in [2.24, 2.45) is 11.7 Å². The summed E-state index contributed by atoms with van der Waals surface area (Å²) in [7, 11) is 0. The highest BCUT2D eigenvalue weighted by Crippen LogP contribution is 2.05. The fourth-order valence-electron chi connectivity index (χ4n) is 0.666. The molecule has 0 fully saturated rings. The molecule has 0 aromatic heterocycles. The molecule has 0 heterocycles. The Morgan fingerprint density at radius 2 is 2.22 bits per heavy atom. The van der Waals surface area contributed by atoms with Crippen molar-refractivity contribution in [3.05, 3.63) is 0 Å². The third-order valence-corrected chi connectivity index (χ3v) is 1.52. The molecule has 0 saturated heterocycles. The molecule has 54 valence electrons. The SMILES string of the molecule is CCCCC(C)C(=N)N. The minimum atomic E-state index is 0.282. The van der Waals surface area contributed by atoms with Crippen molar-refractivity contribution in [2.75, 3.05) is 0 Å². The molecule has 0 aromatic rings. The summed E-state index contributed by atoms with van der Waals surface area (Å²) >= 11 is 0. The first-order chi connectivity index (χ1) is 4.18. The summed E-state index contributed by atoms with van der Waals surface area (Å²) in [6.45, 7) is 4.14. The van der Waals surface area contributed by atoms with Crippen LogP contribution in [0.3, 0.4) is 0 Å². The normalized spacial score (nSPS) is 13.1. The fraction of sp³-hybridized carbons (Fsp3) is 0.857. The molecule has 0 spiro atoms. The Hall–Kier alpha value is -0.530. The first-order valence-corrected chi connectivity index (χ1v) is 3.52. The summed E-state index contributed by atoms with van der Waals surface area (Å²) in [5.74, 6) is 0.605. The van der Waals surface area contributed by atoms with Gasteiger partial charge in [0, 0.05) is 5.92 Å². The minimum Gasteiger partial charge on any atom is -0.387 e. The Morgan fingerprint density at radius 3 is 2.56 bits per heavy atom. The van der Waals surface area contributed by atoms with E-state index >= 15 is 0 Å². The van der Waals surface area contributed by atoms with Gasteiger partial charge in [0.15, 0.2) is 0 Å². The summed E-state index contributed by atoms with van der Waals surface area (Å²) in [5, 5.41) is 7.06. The average molecular weight is 128 g/mol. The zero-order valence-electron chi connectivity index (χ0n) is 6.28. The van der Waals surface area contributed by atoms with Crippen LogP contribution < -0.4 is 5.73 Å². The second-order valence-corrected chi connectivity index (χ2v) is 2.50. The highest BCUT2D eigenvalue weighted by Gasteiger charge is 2.02. The molecule has 0 rings (SSSR count). The van der Waals surface area contributed by atoms with E-state index in [1.54, 1.807) is 0 Å². The monoisotopic (exact) mass is 128 g/mol. The van der Waals surface area contributed by atoms with Crippen LogP contribution in [0.15, 0.2) is 0 Å². The third-order valence-electron chi connectivity index (χ3n) is 1.52. The highest BCUT2D eigenvalue weighted by atomic mass is 14.7. The quantitative estimate of drug-likeness (QED) is 0.440. The van der Waals surface area contributed by atoms with Crippen molar-refractivity contribution < 1.29 is 0 Å². The predicted octanol–water partition coefficient (Wildman–Crippen LogP) is 1.75. The van der Waals surface area contributed by atoms with Crippen LogP contribution in [0.2, 0.25) is 0 Å². The van der Waals surface area contributed by atoms with Crippen molar-refractivity contribution in [2.45, 2.75) is 33.1 Å². The Morgan fingerprint density at radius 1 is 1.67 bits per heavy atom. The van der Waals surface area contributed by atoms with E-state index in [0.29, 0.717) is 5.84 Å². The molecule has 0 aliphatic heterocycles. The van der Waals surface area contributed by atoms with Crippen molar-refractivity contribution >= 4 is 5.84 Å². The molecule has 2 heteroatoms. The van der Waals surface area contributed by atoms with Crippen LogP contribution in [0, 0.1) is 11.3 Å². The summed E-state index contributed by atoms with van der Waals surface area (Å²) < 4.78 is 0. The lowest BCUT2D eigenvalue weighted by molar-refractivity contribution is 0.618. The van der Waals surface area contributed by atoms with Crippen LogP contribution in [-0.2, 0) is 0 Å². The predicted molar refractivity (Wildman–Crippen MR) is 40.6 cm³/mol. The van der Waals surface area contributed by atoms with E-state index in [1.165, 1.54) is 12.8 Å². The van der Waals surface area contributed by atoms with E-state index in [2.05, 4.69) is 6.92 Å². The van der Waals surface area contributed by atoms with E-state index < -0.39 is 0 Å². The van der Waals surface area contributed by atoms with Gasteiger partial charge < -0.3 is 5.73 Å². The lowest BCUT2D eigenvalue weighted by Gasteiger charge is -2.06. The van der Waals surface area contributed by atoms with Gasteiger partial charge in [-0.2, -0.15) is 0 Å². The van der Waals surface area contributed by atoms with Gasteiger partial charge in [-0.25, -0.2) is 0 Å². The number of hydrogen-bond acceptors (Lipinski definition) is 1. The summed E-state index contributed by atoms with van der Waals surface area (Å²) in [6, 6.07) is 0. The molecule has 3 N–H and O–H groups in total. The van der Waals surface area contributed by atoms with Crippen molar-refractivity contribution in [3.8, 4) is 0 Å². The van der Waals surface area contributed by atoms with Crippen molar-refractivity contribution in [3.63, 3.8) is 0 Å². The summed E-state index contributed by atoms with van der Waals surface area (Å²) in [4.78, 5) is 0. The highest BCUT2D eigenvalue weighted by molar-refractivity contribution is 5.79. The zero-order chi connectivity index (χ0) is 7.28. The lowest BCUT2D eigenvalue weighted by Crippen LogP contribution is -2.19. The molecule has 0 aliphatic carbocycles. The second kappa shape index (κ2) is 4.36. The van der Waals surface area contributed by atoms with E-state index in [0.717, 1.165) is 6.42 Å². The second-order valence-electron chi connectivity index (χ2n) is 2.50. The molecule has 0 radical (unpaired) electrons. The summed E-state index contributed by atoms with van der Waals surface area (Å²) in [6.07, 6.45) is 3.43. The van der Waals surface area contributed by atoms with Gasteiger partial charge in [0.05, 0.1) is 5.84 Å². The van der Waals surface area contributed by atoms with Gasteiger partial charge in [0.2, 0.25) is 0 Å². The van der Waals surface area contributed by atoms with Crippen molar-refractivity contribution in [1.29, 1.82) is 5.41 Å². The number of amidine groups is 1. The topological polar surface area (TPSA) is 49.9 Å². The Labute approximate surface area is 57.0 Å². The first kappa shape index (κ1) is 8.47. The van der Waals surface area contributed by atoms with Gasteiger partial charge >= 0.3 is 0 Å². The minimum absolute atomic E-state index is 0.282. The number of unbranched alkanes of at least 4 members (excludes halogenated alkanes) is 1. The van der Waals surface area contributed by atoms with Crippen LogP contribution in [0.25, 0.3) is 0 Å². The molecule has 0 saturated carbocycles. The molecule has 0 aromatic carbocycles. The van der Waals surface area contributed by atoms with E-state index in [1.807, 2.05) is 6.92 Å². The van der Waals surface area contributed by atoms with Gasteiger partial charge in [-0.3, -0.25) is 5.41 Å². The van der Waals surface area contributed by atoms with Crippen LogP contribution in [0.4, 0.5) is 0 Å². The van der Waals surface area contributed by atoms with Gasteiger partial charge in [-0.05, 0) is 6.42 Å². The first-order valence-electron chi connectivity index (χ1n) is 3.52. The van der Waals surface area contributed by atoms with E-state index in [9.17, 15) is 0 Å². The summed E-state index contributed by atoms with van der Waals surface area (Å²) in [5.41, 5.74) is 5.26. The van der Waals surface area contributed by atoms with Crippen LogP contribution in [0.5, 0.6) is 0 Å². The van der Waals surface area contributed by atoms with Crippen LogP contribution >= 0.6 is 0 Å². The number of nitrogens with one attached hydrogen (secondary N) is 1. The standard InChI is InChI=1S/C7H16N2/c1-3-4-5-6(2)7(8)9/h6H,3-5H2,1-2H3,(H3,8,9). The van der Waals surface area contributed by atoms with Crippen LogP contribution in [0.1, 0.15) is 33.1 Å². The number of rotatable bonds is 4. The van der Waals surface area contributed by atoms with Gasteiger partial charge in [0.25, 0.3) is 0 Å². The third kappa shape index (κ3) is 4.01. The van der Waals surface area contributed by atoms with E-state index in [-0.39, 0.29) is 5.92 Å². The van der Waals surface area contributed by atoms with Gasteiger partial charge in [0.1, 0.15) is 0 Å². The van der Waals surface area contributed by atoms with E-state index in [4.69, 9.17) is 11.1 Å². The van der Waals surface area contributed by atoms with Gasteiger partial charge in [-0.15, -0.1) is 0 Å². The molecule has 0 amide bonds. The maximum absolute atomic E-state index is 7.06. The Bertz CT molecular complexity index is 88.9. The molecule has 1 atom stereocenters. The molecule has 1 unspecified atom stereocenters. The maximum Gasteiger partial charge on any atom is 0.0934 e. The fourth-order valence-corrected chi connectivity index (χ4v) is 0.666. The number of nitrogens with two attached hydrogens (primary N) is 1. The maximum atomic E-state index is 7.06. The molecule has 9 heavy (non-hydrogen) atoms. The lowest BCUT2D eigenvalue weighted by atomic mass is 10.0. The molecule has 0 aliphatic rings. The number of hydrogen-bond donors (Lipinski definition) is 2. The zero-order valence-corrected chi connectivity index (χ0v) is 6.28.